The predicted molar refractivity (Wildman–Crippen MR) is 53.1 cm³/mol. The Bertz CT molecular complexity index is 137. The van der Waals surface area contributed by atoms with Gasteiger partial charge in [0.05, 0.1) is 0 Å². The van der Waals surface area contributed by atoms with Crippen LogP contribution in [-0.2, 0) is 0 Å². The van der Waals surface area contributed by atoms with Gasteiger partial charge in [-0.2, -0.15) is 0 Å². The van der Waals surface area contributed by atoms with Gasteiger partial charge < -0.3 is 11.1 Å². The van der Waals surface area contributed by atoms with Crippen molar-refractivity contribution >= 4 is 0 Å². The van der Waals surface area contributed by atoms with E-state index in [0.717, 1.165) is 13.0 Å². The maximum atomic E-state index is 5.82. The van der Waals surface area contributed by atoms with Gasteiger partial charge in [-0.25, -0.2) is 0 Å². The van der Waals surface area contributed by atoms with E-state index in [4.69, 9.17) is 5.73 Å². The molecule has 2 nitrogen and oxygen atoms in total. The highest BCUT2D eigenvalue weighted by molar-refractivity contribution is 4.83. The lowest BCUT2D eigenvalue weighted by molar-refractivity contribution is 0.350. The largest absolute Gasteiger partial charge is 0.328 e. The molecular formula is C10H22N2. The first-order valence-electron chi connectivity index (χ1n) is 4.96. The summed E-state index contributed by atoms with van der Waals surface area (Å²) in [6.07, 6.45) is 3.62. The number of nitrogens with one attached hydrogen (secondary N) is 1. The number of hydrogen-bond acceptors (Lipinski definition) is 2. The van der Waals surface area contributed by atoms with Gasteiger partial charge in [0.1, 0.15) is 0 Å². The molecule has 0 heterocycles. The fourth-order valence-electron chi connectivity index (χ4n) is 1.65. The number of hydrogen-bond donors (Lipinski definition) is 2. The van der Waals surface area contributed by atoms with Crippen LogP contribution in [0.5, 0.6) is 0 Å². The summed E-state index contributed by atoms with van der Waals surface area (Å²) in [5, 5.41) is 3.57. The van der Waals surface area contributed by atoms with Crippen molar-refractivity contribution in [3.05, 3.63) is 0 Å². The quantitative estimate of drug-likeness (QED) is 0.659. The van der Waals surface area contributed by atoms with Crippen LogP contribution in [0.4, 0.5) is 0 Å². The summed E-state index contributed by atoms with van der Waals surface area (Å²) in [4.78, 5) is 0. The standard InChI is InChI=1S/C10H22N2/c1-10(2,3)7-12-9-5-4-8(11)6-9/h8-9,12H,4-7,11H2,1-3H3. The molecule has 1 rings (SSSR count). The lowest BCUT2D eigenvalue weighted by Gasteiger charge is -2.22. The molecule has 12 heavy (non-hydrogen) atoms. The molecule has 3 N–H and O–H groups in total. The second-order valence-corrected chi connectivity index (χ2v) is 5.21. The lowest BCUT2D eigenvalue weighted by atomic mass is 9.96. The van der Waals surface area contributed by atoms with Crippen LogP contribution in [0.2, 0.25) is 0 Å². The van der Waals surface area contributed by atoms with Crippen molar-refractivity contribution in [3.8, 4) is 0 Å². The topological polar surface area (TPSA) is 38.0 Å². The highest BCUT2D eigenvalue weighted by Gasteiger charge is 2.22. The summed E-state index contributed by atoms with van der Waals surface area (Å²) in [6.45, 7) is 7.88. The SMILES string of the molecule is CC(C)(C)CNC1CCC(N)C1. The fraction of sp³-hybridized carbons (Fsp3) is 1.00. The molecule has 1 aliphatic carbocycles. The van der Waals surface area contributed by atoms with Gasteiger partial charge in [-0.1, -0.05) is 20.8 Å². The smallest absolute Gasteiger partial charge is 0.00825 e. The molecule has 0 aliphatic heterocycles. The molecule has 1 saturated carbocycles. The molecule has 0 aromatic rings. The zero-order chi connectivity index (χ0) is 9.19. The molecule has 1 fully saturated rings. The van der Waals surface area contributed by atoms with Gasteiger partial charge in [0.2, 0.25) is 0 Å². The Balaban J connectivity index is 2.16. The maximum Gasteiger partial charge on any atom is 0.00825 e. The van der Waals surface area contributed by atoms with Crippen LogP contribution in [0.3, 0.4) is 0 Å². The van der Waals surface area contributed by atoms with Crippen molar-refractivity contribution < 1.29 is 0 Å². The highest BCUT2D eigenvalue weighted by Crippen LogP contribution is 2.19. The van der Waals surface area contributed by atoms with E-state index in [0.29, 0.717) is 17.5 Å². The Labute approximate surface area is 75.9 Å². The molecule has 0 bridgehead atoms. The van der Waals surface area contributed by atoms with Crippen LogP contribution in [0, 0.1) is 5.41 Å². The maximum absolute atomic E-state index is 5.82. The molecule has 1 aliphatic rings. The molecule has 0 saturated heterocycles. The van der Waals surface area contributed by atoms with Crippen LogP contribution in [0.25, 0.3) is 0 Å². The van der Waals surface area contributed by atoms with E-state index >= 15 is 0 Å². The van der Waals surface area contributed by atoms with Crippen LogP contribution >= 0.6 is 0 Å². The summed E-state index contributed by atoms with van der Waals surface area (Å²) >= 11 is 0. The minimum atomic E-state index is 0.396. The summed E-state index contributed by atoms with van der Waals surface area (Å²) in [5.74, 6) is 0. The summed E-state index contributed by atoms with van der Waals surface area (Å²) in [6, 6.07) is 1.13. The van der Waals surface area contributed by atoms with Gasteiger partial charge in [-0.05, 0) is 24.7 Å². The first-order chi connectivity index (χ1) is 5.47. The van der Waals surface area contributed by atoms with Crippen molar-refractivity contribution in [3.63, 3.8) is 0 Å². The Morgan fingerprint density at radius 2 is 2.00 bits per heavy atom. The van der Waals surface area contributed by atoms with Crippen LogP contribution < -0.4 is 11.1 Å². The van der Waals surface area contributed by atoms with Crippen LogP contribution in [0.15, 0.2) is 0 Å². The second-order valence-electron chi connectivity index (χ2n) is 5.21. The van der Waals surface area contributed by atoms with E-state index in [2.05, 4.69) is 26.1 Å². The Kier molecular flexibility index (Phi) is 3.13. The first kappa shape index (κ1) is 10.0. The van der Waals surface area contributed by atoms with Crippen molar-refractivity contribution in [1.29, 1.82) is 0 Å². The third-order valence-corrected chi connectivity index (χ3v) is 2.39. The van der Waals surface area contributed by atoms with E-state index in [1.165, 1.54) is 12.8 Å². The molecule has 2 heteroatoms. The minimum absolute atomic E-state index is 0.396. The van der Waals surface area contributed by atoms with Gasteiger partial charge in [0.25, 0.3) is 0 Å². The van der Waals surface area contributed by atoms with Gasteiger partial charge in [-0.3, -0.25) is 0 Å². The number of rotatable bonds is 2. The van der Waals surface area contributed by atoms with Crippen LogP contribution in [-0.4, -0.2) is 18.6 Å². The van der Waals surface area contributed by atoms with E-state index < -0.39 is 0 Å². The molecule has 2 unspecified atom stereocenters. The van der Waals surface area contributed by atoms with E-state index in [1.807, 2.05) is 0 Å². The zero-order valence-corrected chi connectivity index (χ0v) is 8.56. The normalized spacial score (nSPS) is 31.0. The average Bonchev–Trinajstić information content (AvgIpc) is 2.30. The second kappa shape index (κ2) is 3.75. The lowest BCUT2D eigenvalue weighted by Crippen LogP contribution is -2.35. The summed E-state index contributed by atoms with van der Waals surface area (Å²) in [5.41, 5.74) is 6.22. The molecular weight excluding hydrogens is 148 g/mol. The Morgan fingerprint density at radius 1 is 1.33 bits per heavy atom. The molecule has 72 valence electrons. The van der Waals surface area contributed by atoms with Crippen molar-refractivity contribution in [2.75, 3.05) is 6.54 Å². The van der Waals surface area contributed by atoms with Gasteiger partial charge in [0.15, 0.2) is 0 Å². The predicted octanol–water partition coefficient (Wildman–Crippen LogP) is 1.50. The molecule has 0 radical (unpaired) electrons. The Hall–Kier alpha value is -0.0800. The monoisotopic (exact) mass is 170 g/mol. The average molecular weight is 170 g/mol. The third kappa shape index (κ3) is 3.55. The zero-order valence-electron chi connectivity index (χ0n) is 8.56. The van der Waals surface area contributed by atoms with Crippen molar-refractivity contribution in [2.45, 2.75) is 52.1 Å². The molecule has 0 amide bonds. The molecule has 0 aromatic heterocycles. The first-order valence-corrected chi connectivity index (χ1v) is 4.96. The van der Waals surface area contributed by atoms with E-state index in [9.17, 15) is 0 Å². The van der Waals surface area contributed by atoms with E-state index in [-0.39, 0.29) is 0 Å². The summed E-state index contributed by atoms with van der Waals surface area (Å²) in [7, 11) is 0. The summed E-state index contributed by atoms with van der Waals surface area (Å²) < 4.78 is 0. The molecule has 2 atom stereocenters. The Morgan fingerprint density at radius 3 is 2.42 bits per heavy atom. The van der Waals surface area contributed by atoms with Crippen LogP contribution in [0.1, 0.15) is 40.0 Å². The highest BCUT2D eigenvalue weighted by atomic mass is 14.9. The van der Waals surface area contributed by atoms with Crippen molar-refractivity contribution in [1.82, 2.24) is 5.32 Å². The van der Waals surface area contributed by atoms with Gasteiger partial charge in [0, 0.05) is 18.6 Å². The fourth-order valence-corrected chi connectivity index (χ4v) is 1.65. The van der Waals surface area contributed by atoms with Gasteiger partial charge in [-0.15, -0.1) is 0 Å². The van der Waals surface area contributed by atoms with E-state index in [1.54, 1.807) is 0 Å². The third-order valence-electron chi connectivity index (χ3n) is 2.39. The minimum Gasteiger partial charge on any atom is -0.328 e. The number of nitrogens with two attached hydrogens (primary N) is 1. The molecule has 0 aromatic carbocycles. The van der Waals surface area contributed by atoms with Crippen molar-refractivity contribution in [2.24, 2.45) is 11.1 Å². The van der Waals surface area contributed by atoms with Gasteiger partial charge >= 0.3 is 0 Å². The molecule has 0 spiro atoms.